The van der Waals surface area contributed by atoms with Crippen molar-refractivity contribution in [3.63, 3.8) is 0 Å². The van der Waals surface area contributed by atoms with Crippen LogP contribution in [0, 0.1) is 0 Å². The molecule has 0 aliphatic heterocycles. The molecule has 1 atom stereocenters. The average molecular weight is 292 g/mol. The van der Waals surface area contributed by atoms with Crippen molar-refractivity contribution in [3.05, 3.63) is 0 Å². The fraction of sp³-hybridized carbons (Fsp3) is 0.833. The molecule has 2 amide bonds. The Morgan fingerprint density at radius 1 is 1.32 bits per heavy atom. The van der Waals surface area contributed by atoms with Crippen LogP contribution in [-0.4, -0.2) is 52.4 Å². The van der Waals surface area contributed by atoms with Crippen molar-refractivity contribution in [2.24, 2.45) is 0 Å². The van der Waals surface area contributed by atoms with Gasteiger partial charge in [0, 0.05) is 24.3 Å². The van der Waals surface area contributed by atoms with Gasteiger partial charge in [0.1, 0.15) is 6.04 Å². The van der Waals surface area contributed by atoms with Crippen LogP contribution >= 0.6 is 11.8 Å². The van der Waals surface area contributed by atoms with E-state index in [2.05, 4.69) is 24.5 Å². The lowest BCUT2D eigenvalue weighted by molar-refractivity contribution is -0.139. The van der Waals surface area contributed by atoms with Gasteiger partial charge in [0.25, 0.3) is 0 Å². The summed E-state index contributed by atoms with van der Waals surface area (Å²) in [5.74, 6) is -1.15. The SMILES string of the molecule is CCC(CC)(CNC(=O)N[C@H](CCO)C(=O)O)SC. The van der Waals surface area contributed by atoms with Gasteiger partial charge in [0.2, 0.25) is 0 Å². The number of hydrogen-bond acceptors (Lipinski definition) is 4. The highest BCUT2D eigenvalue weighted by atomic mass is 32.2. The Hall–Kier alpha value is -0.950. The Morgan fingerprint density at radius 3 is 2.26 bits per heavy atom. The summed E-state index contributed by atoms with van der Waals surface area (Å²) in [6.45, 7) is 4.32. The van der Waals surface area contributed by atoms with Crippen LogP contribution in [0.15, 0.2) is 0 Å². The van der Waals surface area contributed by atoms with Gasteiger partial charge in [-0.3, -0.25) is 0 Å². The van der Waals surface area contributed by atoms with Crippen LogP contribution in [0.5, 0.6) is 0 Å². The van der Waals surface area contributed by atoms with Crippen molar-refractivity contribution in [1.29, 1.82) is 0 Å². The first kappa shape index (κ1) is 18.0. The van der Waals surface area contributed by atoms with Crippen LogP contribution in [0.3, 0.4) is 0 Å². The van der Waals surface area contributed by atoms with Crippen molar-refractivity contribution < 1.29 is 19.8 Å². The van der Waals surface area contributed by atoms with Gasteiger partial charge in [0.05, 0.1) is 0 Å². The van der Waals surface area contributed by atoms with E-state index in [4.69, 9.17) is 10.2 Å². The van der Waals surface area contributed by atoms with E-state index in [-0.39, 0.29) is 17.8 Å². The molecule has 112 valence electrons. The van der Waals surface area contributed by atoms with E-state index >= 15 is 0 Å². The zero-order valence-electron chi connectivity index (χ0n) is 11.7. The molecule has 0 aliphatic carbocycles. The fourth-order valence-electron chi connectivity index (χ4n) is 1.70. The second kappa shape index (κ2) is 9.03. The van der Waals surface area contributed by atoms with Gasteiger partial charge in [-0.15, -0.1) is 0 Å². The Kier molecular flexibility index (Phi) is 8.58. The summed E-state index contributed by atoms with van der Waals surface area (Å²) in [6, 6.07) is -1.57. The highest BCUT2D eigenvalue weighted by Crippen LogP contribution is 2.29. The van der Waals surface area contributed by atoms with Crippen LogP contribution in [0.4, 0.5) is 4.79 Å². The van der Waals surface area contributed by atoms with E-state index in [9.17, 15) is 9.59 Å². The first-order valence-corrected chi connectivity index (χ1v) is 7.60. The Balaban J connectivity index is 4.33. The van der Waals surface area contributed by atoms with Crippen molar-refractivity contribution in [3.8, 4) is 0 Å². The topological polar surface area (TPSA) is 98.7 Å². The highest BCUT2D eigenvalue weighted by molar-refractivity contribution is 8.00. The number of nitrogens with one attached hydrogen (secondary N) is 2. The predicted molar refractivity (Wildman–Crippen MR) is 76.5 cm³/mol. The van der Waals surface area contributed by atoms with Gasteiger partial charge >= 0.3 is 12.0 Å². The minimum Gasteiger partial charge on any atom is -0.480 e. The summed E-state index contributed by atoms with van der Waals surface area (Å²) in [5.41, 5.74) is 0. The molecule has 0 aromatic rings. The summed E-state index contributed by atoms with van der Waals surface area (Å²) in [5, 5.41) is 22.6. The number of amides is 2. The number of aliphatic hydroxyl groups excluding tert-OH is 1. The van der Waals surface area contributed by atoms with Crippen LogP contribution in [0.1, 0.15) is 33.1 Å². The smallest absolute Gasteiger partial charge is 0.326 e. The number of thioether (sulfide) groups is 1. The zero-order chi connectivity index (χ0) is 14.9. The predicted octanol–water partition coefficient (Wildman–Crippen LogP) is 1.04. The molecule has 0 spiro atoms. The molecule has 0 radical (unpaired) electrons. The lowest BCUT2D eigenvalue weighted by Gasteiger charge is -2.30. The number of carbonyl (C=O) groups excluding carboxylic acids is 1. The third-order valence-corrected chi connectivity index (χ3v) is 4.90. The summed E-state index contributed by atoms with van der Waals surface area (Å²) in [6.07, 6.45) is 3.84. The van der Waals surface area contributed by atoms with Gasteiger partial charge in [-0.05, 0) is 19.1 Å². The number of urea groups is 1. The molecule has 0 aromatic heterocycles. The van der Waals surface area contributed by atoms with E-state index < -0.39 is 18.0 Å². The number of aliphatic hydroxyl groups is 1. The molecule has 6 nitrogen and oxygen atoms in total. The van der Waals surface area contributed by atoms with Crippen LogP contribution in [0.2, 0.25) is 0 Å². The molecular weight excluding hydrogens is 268 g/mol. The largest absolute Gasteiger partial charge is 0.480 e. The monoisotopic (exact) mass is 292 g/mol. The van der Waals surface area contributed by atoms with Crippen molar-refractivity contribution in [2.45, 2.75) is 43.9 Å². The second-order valence-electron chi connectivity index (χ2n) is 4.32. The van der Waals surface area contributed by atoms with Crippen LogP contribution < -0.4 is 10.6 Å². The normalized spacial score (nSPS) is 12.8. The lowest BCUT2D eigenvalue weighted by Crippen LogP contribution is -2.49. The van der Waals surface area contributed by atoms with E-state index in [1.165, 1.54) is 0 Å². The number of rotatable bonds is 9. The zero-order valence-corrected chi connectivity index (χ0v) is 12.5. The van der Waals surface area contributed by atoms with E-state index in [1.807, 2.05) is 6.26 Å². The molecule has 0 rings (SSSR count). The molecule has 0 aliphatic rings. The molecule has 4 N–H and O–H groups in total. The summed E-state index contributed by atoms with van der Waals surface area (Å²) in [4.78, 5) is 22.5. The summed E-state index contributed by atoms with van der Waals surface area (Å²) in [7, 11) is 0. The second-order valence-corrected chi connectivity index (χ2v) is 5.60. The van der Waals surface area contributed by atoms with Crippen molar-refractivity contribution in [2.75, 3.05) is 19.4 Å². The third kappa shape index (κ3) is 6.15. The molecule has 7 heteroatoms. The first-order valence-electron chi connectivity index (χ1n) is 6.37. The molecule has 0 bridgehead atoms. The highest BCUT2D eigenvalue weighted by Gasteiger charge is 2.26. The molecule has 0 aromatic carbocycles. The van der Waals surface area contributed by atoms with Gasteiger partial charge < -0.3 is 20.8 Å². The standard InChI is InChI=1S/C12H24N2O4S/c1-4-12(5-2,19-3)8-13-11(18)14-9(6-7-15)10(16)17/h9,15H,4-8H2,1-3H3,(H,16,17)(H2,13,14,18)/t9-/m1/s1. The maximum Gasteiger partial charge on any atom is 0.326 e. The molecule has 0 saturated heterocycles. The maximum atomic E-state index is 11.7. The van der Waals surface area contributed by atoms with Gasteiger partial charge in [-0.25, -0.2) is 9.59 Å². The number of hydrogen-bond donors (Lipinski definition) is 4. The minimum absolute atomic E-state index is 0.00200. The molecule has 0 saturated carbocycles. The Morgan fingerprint density at radius 2 is 1.89 bits per heavy atom. The molecule has 0 unspecified atom stereocenters. The first-order chi connectivity index (χ1) is 8.94. The van der Waals surface area contributed by atoms with E-state index in [0.717, 1.165) is 12.8 Å². The minimum atomic E-state index is -1.15. The third-order valence-electron chi connectivity index (χ3n) is 3.31. The van der Waals surface area contributed by atoms with E-state index in [1.54, 1.807) is 11.8 Å². The van der Waals surface area contributed by atoms with Gasteiger partial charge in [0.15, 0.2) is 0 Å². The van der Waals surface area contributed by atoms with Crippen LogP contribution in [-0.2, 0) is 4.79 Å². The number of aliphatic carboxylic acids is 1. The number of carboxylic acids is 1. The van der Waals surface area contributed by atoms with Gasteiger partial charge in [-0.2, -0.15) is 11.8 Å². The molecule has 19 heavy (non-hydrogen) atoms. The van der Waals surface area contributed by atoms with Crippen LogP contribution in [0.25, 0.3) is 0 Å². The molecule has 0 fully saturated rings. The summed E-state index contributed by atoms with van der Waals surface area (Å²) < 4.78 is -0.0208. The Labute approximate surface area is 118 Å². The van der Waals surface area contributed by atoms with E-state index in [0.29, 0.717) is 6.54 Å². The molecule has 0 heterocycles. The molecular formula is C12H24N2O4S. The number of carboxylic acid groups (broad SMARTS) is 1. The fourth-order valence-corrected chi connectivity index (χ4v) is 2.49. The van der Waals surface area contributed by atoms with Crippen molar-refractivity contribution in [1.82, 2.24) is 10.6 Å². The summed E-state index contributed by atoms with van der Waals surface area (Å²) >= 11 is 1.70. The Bertz CT molecular complexity index is 287. The van der Waals surface area contributed by atoms with Crippen molar-refractivity contribution >= 4 is 23.8 Å². The van der Waals surface area contributed by atoms with Gasteiger partial charge in [-0.1, -0.05) is 13.8 Å². The number of carbonyl (C=O) groups is 2. The average Bonchev–Trinajstić information content (AvgIpc) is 2.40. The lowest BCUT2D eigenvalue weighted by atomic mass is 10.0. The quantitative estimate of drug-likeness (QED) is 0.509. The maximum absolute atomic E-state index is 11.7.